The molecule has 0 radical (unpaired) electrons. The number of aryl methyl sites for hydroxylation is 1. The van der Waals surface area contributed by atoms with E-state index in [2.05, 4.69) is 10.3 Å². The molecule has 1 amide bonds. The van der Waals surface area contributed by atoms with Gasteiger partial charge in [-0.05, 0) is 37.3 Å². The minimum atomic E-state index is -0.150. The van der Waals surface area contributed by atoms with Crippen LogP contribution in [0.25, 0.3) is 5.69 Å². The third-order valence-electron chi connectivity index (χ3n) is 4.81. The molecule has 0 aliphatic carbocycles. The average Bonchev–Trinajstić information content (AvgIpc) is 3.24. The van der Waals surface area contributed by atoms with Crippen LogP contribution in [-0.2, 0) is 6.54 Å². The van der Waals surface area contributed by atoms with Crippen LogP contribution in [0.3, 0.4) is 0 Å². The Bertz CT molecular complexity index is 1170. The Kier molecular flexibility index (Phi) is 5.98. The summed E-state index contributed by atoms with van der Waals surface area (Å²) in [5.41, 5.74) is 3.09. The number of amides is 1. The van der Waals surface area contributed by atoms with Gasteiger partial charge in [0.05, 0.1) is 24.8 Å². The van der Waals surface area contributed by atoms with Gasteiger partial charge in [-0.1, -0.05) is 42.5 Å². The molecule has 31 heavy (non-hydrogen) atoms. The lowest BCUT2D eigenvalue weighted by atomic mass is 10.1. The van der Waals surface area contributed by atoms with Crippen LogP contribution in [0.4, 0.5) is 0 Å². The standard InChI is InChI=1S/C25H23N3O3/c1-18-16-28(17-27-18)22-14-13-20(15-26-25(29)19-9-5-3-6-10-19)23(30-2)24(22)31-21-11-7-4-8-12-21/h3-14,16-17H,15H2,1-2H3,(H,26,29). The van der Waals surface area contributed by atoms with Crippen LogP contribution >= 0.6 is 0 Å². The van der Waals surface area contributed by atoms with Crippen molar-refractivity contribution in [3.8, 4) is 22.9 Å². The van der Waals surface area contributed by atoms with E-state index >= 15 is 0 Å². The molecule has 0 atom stereocenters. The second-order valence-electron chi connectivity index (χ2n) is 6.99. The van der Waals surface area contributed by atoms with Gasteiger partial charge >= 0.3 is 0 Å². The zero-order chi connectivity index (χ0) is 21.6. The van der Waals surface area contributed by atoms with Crippen molar-refractivity contribution < 1.29 is 14.3 Å². The Morgan fingerprint density at radius 3 is 2.32 bits per heavy atom. The second-order valence-corrected chi connectivity index (χ2v) is 6.99. The van der Waals surface area contributed by atoms with Gasteiger partial charge in [0, 0.05) is 23.9 Å². The van der Waals surface area contributed by atoms with E-state index < -0.39 is 0 Å². The molecular weight excluding hydrogens is 390 g/mol. The smallest absolute Gasteiger partial charge is 0.251 e. The zero-order valence-corrected chi connectivity index (χ0v) is 17.4. The summed E-state index contributed by atoms with van der Waals surface area (Å²) >= 11 is 0. The number of carbonyl (C=O) groups excluding carboxylic acids is 1. The first-order chi connectivity index (χ1) is 15.2. The number of nitrogens with zero attached hydrogens (tertiary/aromatic N) is 2. The molecule has 1 N–H and O–H groups in total. The maximum absolute atomic E-state index is 12.5. The van der Waals surface area contributed by atoms with Gasteiger partial charge in [-0.3, -0.25) is 4.79 Å². The first-order valence-electron chi connectivity index (χ1n) is 9.92. The Labute approximate surface area is 181 Å². The second kappa shape index (κ2) is 9.17. The molecule has 0 saturated carbocycles. The van der Waals surface area contributed by atoms with Gasteiger partial charge in [-0.2, -0.15) is 0 Å². The monoisotopic (exact) mass is 413 g/mol. The number of hydrogen-bond acceptors (Lipinski definition) is 4. The van der Waals surface area contributed by atoms with Crippen molar-refractivity contribution in [2.45, 2.75) is 13.5 Å². The molecular formula is C25H23N3O3. The predicted octanol–water partition coefficient (Wildman–Crippen LogP) is 4.91. The molecule has 4 aromatic rings. The number of imidazole rings is 1. The highest BCUT2D eigenvalue weighted by Gasteiger charge is 2.19. The molecule has 4 rings (SSSR count). The molecule has 0 bridgehead atoms. The Balaban J connectivity index is 1.69. The molecule has 3 aromatic carbocycles. The van der Waals surface area contributed by atoms with E-state index in [-0.39, 0.29) is 5.91 Å². The van der Waals surface area contributed by atoms with Crippen LogP contribution in [0.2, 0.25) is 0 Å². The highest BCUT2D eigenvalue weighted by atomic mass is 16.5. The van der Waals surface area contributed by atoms with E-state index in [4.69, 9.17) is 9.47 Å². The predicted molar refractivity (Wildman–Crippen MR) is 119 cm³/mol. The van der Waals surface area contributed by atoms with Crippen molar-refractivity contribution in [3.63, 3.8) is 0 Å². The number of aromatic nitrogens is 2. The van der Waals surface area contributed by atoms with E-state index in [0.29, 0.717) is 29.4 Å². The molecule has 0 aliphatic rings. The molecule has 6 heteroatoms. The minimum Gasteiger partial charge on any atom is -0.492 e. The van der Waals surface area contributed by atoms with Crippen LogP contribution in [0, 0.1) is 6.92 Å². The van der Waals surface area contributed by atoms with Gasteiger partial charge in [0.1, 0.15) is 5.75 Å². The first kappa shape index (κ1) is 20.2. The number of hydrogen-bond donors (Lipinski definition) is 1. The van der Waals surface area contributed by atoms with Gasteiger partial charge < -0.3 is 19.4 Å². The highest BCUT2D eigenvalue weighted by Crippen LogP contribution is 2.40. The fourth-order valence-electron chi connectivity index (χ4n) is 3.28. The lowest BCUT2D eigenvalue weighted by molar-refractivity contribution is 0.0950. The largest absolute Gasteiger partial charge is 0.492 e. The van der Waals surface area contributed by atoms with Crippen molar-refractivity contribution in [2.75, 3.05) is 7.11 Å². The maximum Gasteiger partial charge on any atom is 0.251 e. The third-order valence-corrected chi connectivity index (χ3v) is 4.81. The van der Waals surface area contributed by atoms with E-state index in [9.17, 15) is 4.79 Å². The quantitative estimate of drug-likeness (QED) is 0.467. The van der Waals surface area contributed by atoms with Gasteiger partial charge in [0.2, 0.25) is 0 Å². The van der Waals surface area contributed by atoms with Crippen molar-refractivity contribution in [3.05, 3.63) is 102 Å². The summed E-state index contributed by atoms with van der Waals surface area (Å²) in [6.45, 7) is 2.23. The average molecular weight is 413 g/mol. The molecule has 0 saturated heterocycles. The van der Waals surface area contributed by atoms with Crippen molar-refractivity contribution in [1.82, 2.24) is 14.9 Å². The molecule has 1 aromatic heterocycles. The number of para-hydroxylation sites is 1. The lowest BCUT2D eigenvalue weighted by Gasteiger charge is -2.19. The Morgan fingerprint density at radius 1 is 0.968 bits per heavy atom. The lowest BCUT2D eigenvalue weighted by Crippen LogP contribution is -2.23. The molecule has 0 unspecified atom stereocenters. The van der Waals surface area contributed by atoms with E-state index in [0.717, 1.165) is 16.9 Å². The van der Waals surface area contributed by atoms with Crippen LogP contribution < -0.4 is 14.8 Å². The van der Waals surface area contributed by atoms with Crippen LogP contribution in [0.1, 0.15) is 21.6 Å². The molecule has 0 spiro atoms. The number of methoxy groups -OCH3 is 1. The Hall–Kier alpha value is -4.06. The number of ether oxygens (including phenoxy) is 2. The highest BCUT2D eigenvalue weighted by molar-refractivity contribution is 5.94. The summed E-state index contributed by atoms with van der Waals surface area (Å²) in [6.07, 6.45) is 3.66. The summed E-state index contributed by atoms with van der Waals surface area (Å²) in [6, 6.07) is 22.5. The summed E-state index contributed by atoms with van der Waals surface area (Å²) in [5, 5.41) is 2.95. The van der Waals surface area contributed by atoms with Gasteiger partial charge in [0.25, 0.3) is 5.91 Å². The first-order valence-corrected chi connectivity index (χ1v) is 9.92. The minimum absolute atomic E-state index is 0.150. The number of carbonyl (C=O) groups is 1. The number of benzene rings is 3. The summed E-state index contributed by atoms with van der Waals surface area (Å²) < 4.78 is 13.9. The molecule has 1 heterocycles. The fraction of sp³-hybridized carbons (Fsp3) is 0.120. The van der Waals surface area contributed by atoms with Crippen LogP contribution in [-0.4, -0.2) is 22.6 Å². The Morgan fingerprint density at radius 2 is 1.68 bits per heavy atom. The van der Waals surface area contributed by atoms with Crippen molar-refractivity contribution in [1.29, 1.82) is 0 Å². The van der Waals surface area contributed by atoms with E-state index in [1.165, 1.54) is 0 Å². The molecule has 156 valence electrons. The molecule has 0 aliphatic heterocycles. The van der Waals surface area contributed by atoms with Crippen molar-refractivity contribution >= 4 is 5.91 Å². The summed E-state index contributed by atoms with van der Waals surface area (Å²) in [7, 11) is 1.60. The zero-order valence-electron chi connectivity index (χ0n) is 17.4. The van der Waals surface area contributed by atoms with E-state index in [1.807, 2.05) is 78.4 Å². The topological polar surface area (TPSA) is 65.4 Å². The number of rotatable bonds is 7. The third kappa shape index (κ3) is 4.59. The SMILES string of the molecule is COc1c(CNC(=O)c2ccccc2)ccc(-n2cnc(C)c2)c1Oc1ccccc1. The summed E-state index contributed by atoms with van der Waals surface area (Å²) in [5.74, 6) is 1.64. The normalized spacial score (nSPS) is 10.5. The fourth-order valence-corrected chi connectivity index (χ4v) is 3.28. The molecule has 0 fully saturated rings. The van der Waals surface area contributed by atoms with Crippen LogP contribution in [0.15, 0.2) is 85.3 Å². The number of nitrogens with one attached hydrogen (secondary N) is 1. The maximum atomic E-state index is 12.5. The summed E-state index contributed by atoms with van der Waals surface area (Å²) in [4.78, 5) is 16.8. The van der Waals surface area contributed by atoms with E-state index in [1.54, 1.807) is 25.6 Å². The van der Waals surface area contributed by atoms with Gasteiger partial charge in [-0.25, -0.2) is 4.98 Å². The van der Waals surface area contributed by atoms with Crippen molar-refractivity contribution in [2.24, 2.45) is 0 Å². The van der Waals surface area contributed by atoms with Crippen LogP contribution in [0.5, 0.6) is 17.2 Å². The molecule has 6 nitrogen and oxygen atoms in total. The van der Waals surface area contributed by atoms with Gasteiger partial charge in [0.15, 0.2) is 11.5 Å². The van der Waals surface area contributed by atoms with Gasteiger partial charge in [-0.15, -0.1) is 0 Å².